The van der Waals surface area contributed by atoms with Gasteiger partial charge in [-0.15, -0.1) is 0 Å². The summed E-state index contributed by atoms with van der Waals surface area (Å²) in [4.78, 5) is 24.6. The highest BCUT2D eigenvalue weighted by atomic mass is 19.1. The summed E-state index contributed by atoms with van der Waals surface area (Å²) in [5.74, 6) is -0.494. The number of aryl methyl sites for hydroxylation is 1. The second-order valence-electron chi connectivity index (χ2n) is 6.55. The fourth-order valence-electron chi connectivity index (χ4n) is 2.63. The highest BCUT2D eigenvalue weighted by Gasteiger charge is 2.16. The van der Waals surface area contributed by atoms with Gasteiger partial charge in [-0.2, -0.15) is 0 Å². The summed E-state index contributed by atoms with van der Waals surface area (Å²) in [6, 6.07) is 19.5. The van der Waals surface area contributed by atoms with Crippen molar-refractivity contribution in [3.63, 3.8) is 0 Å². The van der Waals surface area contributed by atoms with Gasteiger partial charge in [0.2, 0.25) is 0 Å². The van der Waals surface area contributed by atoms with E-state index in [1.54, 1.807) is 31.2 Å². The highest BCUT2D eigenvalue weighted by molar-refractivity contribution is 6.04. The fraction of sp³-hybridized carbons (Fsp3) is 0.130. The van der Waals surface area contributed by atoms with E-state index in [-0.39, 0.29) is 17.6 Å². The molecule has 0 heterocycles. The predicted molar refractivity (Wildman–Crippen MR) is 111 cm³/mol. The van der Waals surface area contributed by atoms with Crippen molar-refractivity contribution in [3.8, 4) is 5.75 Å². The molecular weight excluding hydrogens is 371 g/mol. The third-order valence-corrected chi connectivity index (χ3v) is 4.30. The van der Waals surface area contributed by atoms with Crippen LogP contribution in [0.2, 0.25) is 0 Å². The van der Waals surface area contributed by atoms with E-state index >= 15 is 0 Å². The van der Waals surface area contributed by atoms with Crippen LogP contribution in [0.4, 0.5) is 15.8 Å². The molecule has 3 rings (SSSR count). The van der Waals surface area contributed by atoms with Crippen LogP contribution in [-0.2, 0) is 4.79 Å². The number of carbonyl (C=O) groups is 2. The molecule has 6 heteroatoms. The zero-order chi connectivity index (χ0) is 20.8. The average Bonchev–Trinajstić information content (AvgIpc) is 2.72. The van der Waals surface area contributed by atoms with E-state index in [0.717, 1.165) is 11.3 Å². The van der Waals surface area contributed by atoms with Crippen LogP contribution in [0.1, 0.15) is 22.8 Å². The Morgan fingerprint density at radius 1 is 0.897 bits per heavy atom. The van der Waals surface area contributed by atoms with E-state index in [1.165, 1.54) is 24.3 Å². The molecule has 0 aliphatic heterocycles. The molecule has 3 aromatic rings. The van der Waals surface area contributed by atoms with E-state index in [0.29, 0.717) is 17.0 Å². The Morgan fingerprint density at radius 2 is 1.55 bits per heavy atom. The zero-order valence-electron chi connectivity index (χ0n) is 16.1. The summed E-state index contributed by atoms with van der Waals surface area (Å²) >= 11 is 0. The van der Waals surface area contributed by atoms with Crippen LogP contribution in [-0.4, -0.2) is 17.9 Å². The van der Waals surface area contributed by atoms with Crippen LogP contribution in [0.3, 0.4) is 0 Å². The van der Waals surface area contributed by atoms with Gasteiger partial charge in [0.1, 0.15) is 11.6 Å². The maximum Gasteiger partial charge on any atom is 0.265 e. The molecule has 0 radical (unpaired) electrons. The molecule has 3 aromatic carbocycles. The topological polar surface area (TPSA) is 67.4 Å². The van der Waals surface area contributed by atoms with Crippen molar-refractivity contribution in [3.05, 3.63) is 89.7 Å². The molecule has 0 unspecified atom stereocenters. The molecule has 2 amide bonds. The number of para-hydroxylation sites is 1. The third-order valence-electron chi connectivity index (χ3n) is 4.30. The summed E-state index contributed by atoms with van der Waals surface area (Å²) in [6.07, 6.45) is -0.714. The lowest BCUT2D eigenvalue weighted by Crippen LogP contribution is -2.30. The van der Waals surface area contributed by atoms with Crippen molar-refractivity contribution in [2.24, 2.45) is 0 Å². The third kappa shape index (κ3) is 5.42. The smallest absolute Gasteiger partial charge is 0.265 e. The largest absolute Gasteiger partial charge is 0.481 e. The van der Waals surface area contributed by atoms with Crippen molar-refractivity contribution >= 4 is 23.2 Å². The molecule has 0 spiro atoms. The minimum atomic E-state index is -0.714. The monoisotopic (exact) mass is 392 g/mol. The molecule has 29 heavy (non-hydrogen) atoms. The van der Waals surface area contributed by atoms with Gasteiger partial charge in [0, 0.05) is 16.9 Å². The first-order valence-corrected chi connectivity index (χ1v) is 9.12. The minimum Gasteiger partial charge on any atom is -0.481 e. The van der Waals surface area contributed by atoms with Gasteiger partial charge in [-0.1, -0.05) is 18.2 Å². The first-order chi connectivity index (χ1) is 13.9. The number of ether oxygens (including phenoxy) is 1. The first-order valence-electron chi connectivity index (χ1n) is 9.12. The van der Waals surface area contributed by atoms with Crippen LogP contribution in [0.5, 0.6) is 5.75 Å². The first kappa shape index (κ1) is 20.1. The molecule has 1 atom stereocenters. The van der Waals surface area contributed by atoms with Gasteiger partial charge in [-0.3, -0.25) is 9.59 Å². The number of rotatable bonds is 6. The molecular formula is C23H21FN2O3. The summed E-state index contributed by atoms with van der Waals surface area (Å²) in [6.45, 7) is 3.57. The Morgan fingerprint density at radius 3 is 2.21 bits per heavy atom. The molecule has 5 nitrogen and oxygen atoms in total. The van der Waals surface area contributed by atoms with E-state index in [2.05, 4.69) is 10.6 Å². The number of benzene rings is 3. The maximum atomic E-state index is 12.9. The van der Waals surface area contributed by atoms with Crippen LogP contribution in [0.15, 0.2) is 72.8 Å². The Bertz CT molecular complexity index is 1000. The summed E-state index contributed by atoms with van der Waals surface area (Å²) in [7, 11) is 0. The van der Waals surface area contributed by atoms with Crippen molar-refractivity contribution in [2.45, 2.75) is 20.0 Å². The second kappa shape index (κ2) is 9.01. The lowest BCUT2D eigenvalue weighted by atomic mass is 10.2. The molecule has 0 saturated heterocycles. The summed E-state index contributed by atoms with van der Waals surface area (Å²) in [5, 5.41) is 5.52. The van der Waals surface area contributed by atoms with Gasteiger partial charge in [0.15, 0.2) is 6.10 Å². The van der Waals surface area contributed by atoms with Crippen LogP contribution in [0, 0.1) is 12.7 Å². The fourth-order valence-corrected chi connectivity index (χ4v) is 2.63. The normalized spacial score (nSPS) is 11.4. The van der Waals surface area contributed by atoms with E-state index in [1.807, 2.05) is 31.2 Å². The van der Waals surface area contributed by atoms with Crippen LogP contribution < -0.4 is 15.4 Å². The number of halogens is 1. The van der Waals surface area contributed by atoms with Crippen LogP contribution in [0.25, 0.3) is 0 Å². The molecule has 0 fully saturated rings. The number of hydrogen-bond acceptors (Lipinski definition) is 3. The molecule has 2 N–H and O–H groups in total. The Labute approximate surface area is 168 Å². The summed E-state index contributed by atoms with van der Waals surface area (Å²) < 4.78 is 18.6. The summed E-state index contributed by atoms with van der Waals surface area (Å²) in [5.41, 5.74) is 2.61. The molecule has 0 bridgehead atoms. The number of hydrogen-bond donors (Lipinski definition) is 2. The Hall–Kier alpha value is -3.67. The van der Waals surface area contributed by atoms with Gasteiger partial charge < -0.3 is 15.4 Å². The maximum absolute atomic E-state index is 12.9. The molecule has 0 aromatic heterocycles. The molecule has 0 saturated carbocycles. The lowest BCUT2D eigenvalue weighted by Gasteiger charge is -2.16. The average molecular weight is 392 g/mol. The van der Waals surface area contributed by atoms with Crippen molar-refractivity contribution in [1.82, 2.24) is 0 Å². The molecule has 0 aliphatic carbocycles. The van der Waals surface area contributed by atoms with Crippen LogP contribution >= 0.6 is 0 Å². The van der Waals surface area contributed by atoms with Gasteiger partial charge in [0.25, 0.3) is 11.8 Å². The SMILES string of the molecule is Cc1ccccc1NC(=O)[C@H](C)Oc1ccc(C(=O)Nc2ccc(F)cc2)cc1. The standard InChI is InChI=1S/C23H21FN2O3/c1-15-5-3-4-6-21(15)26-22(27)16(2)29-20-13-7-17(8-14-20)23(28)25-19-11-9-18(24)10-12-19/h3-14,16H,1-2H3,(H,25,28)(H,26,27)/t16-/m0/s1. The zero-order valence-corrected chi connectivity index (χ0v) is 16.1. The van der Waals surface area contributed by atoms with Gasteiger partial charge in [0.05, 0.1) is 0 Å². The van der Waals surface area contributed by atoms with E-state index in [9.17, 15) is 14.0 Å². The Balaban J connectivity index is 1.58. The lowest BCUT2D eigenvalue weighted by molar-refractivity contribution is -0.122. The molecule has 148 valence electrons. The number of carbonyl (C=O) groups excluding carboxylic acids is 2. The molecule has 0 aliphatic rings. The van der Waals surface area contributed by atoms with E-state index in [4.69, 9.17) is 4.74 Å². The van der Waals surface area contributed by atoms with Gasteiger partial charge in [-0.25, -0.2) is 4.39 Å². The van der Waals surface area contributed by atoms with Gasteiger partial charge >= 0.3 is 0 Å². The number of amides is 2. The second-order valence-corrected chi connectivity index (χ2v) is 6.55. The number of anilines is 2. The van der Waals surface area contributed by atoms with E-state index < -0.39 is 6.10 Å². The highest BCUT2D eigenvalue weighted by Crippen LogP contribution is 2.18. The number of nitrogens with one attached hydrogen (secondary N) is 2. The minimum absolute atomic E-state index is 0.266. The quantitative estimate of drug-likeness (QED) is 0.634. The van der Waals surface area contributed by atoms with Crippen molar-refractivity contribution in [1.29, 1.82) is 0 Å². The van der Waals surface area contributed by atoms with Gasteiger partial charge in [-0.05, 0) is 74.0 Å². The van der Waals surface area contributed by atoms with Crippen molar-refractivity contribution in [2.75, 3.05) is 10.6 Å². The predicted octanol–water partition coefficient (Wildman–Crippen LogP) is 4.79. The van der Waals surface area contributed by atoms with Crippen molar-refractivity contribution < 1.29 is 18.7 Å². The Kier molecular flexibility index (Phi) is 6.24.